The number of methoxy groups -OCH3 is 1. The van der Waals surface area contributed by atoms with Gasteiger partial charge in [0.05, 0.1) is 36.2 Å². The number of aromatic nitrogens is 2. The fourth-order valence-electron chi connectivity index (χ4n) is 4.76. The molecule has 0 spiro atoms. The Morgan fingerprint density at radius 3 is 2.47 bits per heavy atom. The number of fused-ring (bicyclic) bond motifs is 1. The number of amides is 1. The van der Waals surface area contributed by atoms with Crippen LogP contribution in [-0.2, 0) is 22.5 Å². The molecule has 0 aliphatic heterocycles. The van der Waals surface area contributed by atoms with Crippen molar-refractivity contribution in [3.05, 3.63) is 93.0 Å². The molecule has 1 heterocycles. The van der Waals surface area contributed by atoms with Gasteiger partial charge in [0, 0.05) is 24.7 Å². The van der Waals surface area contributed by atoms with Gasteiger partial charge in [-0.25, -0.2) is 14.6 Å². The van der Waals surface area contributed by atoms with Crippen LogP contribution in [-0.4, -0.2) is 47.5 Å². The number of aliphatic carboxylic acids is 1. The minimum atomic E-state index is -1.31. The Balaban J connectivity index is 1.73. The molecule has 4 aromatic rings. The van der Waals surface area contributed by atoms with E-state index in [0.717, 1.165) is 12.8 Å². The quantitative estimate of drug-likeness (QED) is 0.169. The molecule has 0 aliphatic rings. The van der Waals surface area contributed by atoms with Crippen molar-refractivity contribution in [2.24, 2.45) is 5.92 Å². The molecule has 1 N–H and O–H groups in total. The first kappa shape index (κ1) is 33.3. The van der Waals surface area contributed by atoms with Gasteiger partial charge in [0.1, 0.15) is 5.82 Å². The van der Waals surface area contributed by atoms with Crippen LogP contribution in [0.4, 0.5) is 10.5 Å². The highest BCUT2D eigenvalue weighted by Crippen LogP contribution is 2.39. The fraction of sp³-hybridized carbons (Fsp3) is 0.353. The highest BCUT2D eigenvalue weighted by atomic mass is 35.5. The van der Waals surface area contributed by atoms with Gasteiger partial charge >= 0.3 is 12.1 Å². The molecular formula is C34H38ClN3O7. The van der Waals surface area contributed by atoms with E-state index in [4.69, 9.17) is 30.8 Å². The smallest absolute Gasteiger partial charge is 0.414 e. The van der Waals surface area contributed by atoms with Crippen molar-refractivity contribution in [1.82, 2.24) is 9.55 Å². The number of rotatable bonds is 13. The van der Waals surface area contributed by atoms with Gasteiger partial charge in [-0.15, -0.1) is 0 Å². The monoisotopic (exact) mass is 635 g/mol. The summed E-state index contributed by atoms with van der Waals surface area (Å²) in [5.74, 6) is -0.0907. The molecule has 0 saturated heterocycles. The van der Waals surface area contributed by atoms with Gasteiger partial charge in [0.15, 0.2) is 11.5 Å². The first-order valence-corrected chi connectivity index (χ1v) is 15.2. The topological polar surface area (TPSA) is 120 Å². The van der Waals surface area contributed by atoms with E-state index < -0.39 is 18.2 Å². The predicted octanol–water partition coefficient (Wildman–Crippen LogP) is 6.88. The molecule has 3 aromatic carbocycles. The SMILES string of the molecule is CCCCc1nc2ccc(N(C)C(=O)OCC(C)C)cc2c(=O)n1Cc1cc(Cl)c(OC(C(=O)O)c2ccccc2)c(OC)c1. The van der Waals surface area contributed by atoms with Crippen molar-refractivity contribution in [3.63, 3.8) is 0 Å². The van der Waals surface area contributed by atoms with Crippen LogP contribution in [0.1, 0.15) is 56.7 Å². The van der Waals surface area contributed by atoms with Crippen LogP contribution >= 0.6 is 11.6 Å². The van der Waals surface area contributed by atoms with Crippen molar-refractivity contribution >= 4 is 40.3 Å². The lowest BCUT2D eigenvalue weighted by Gasteiger charge is -2.20. The number of carbonyl (C=O) groups is 2. The summed E-state index contributed by atoms with van der Waals surface area (Å²) < 4.78 is 18.4. The lowest BCUT2D eigenvalue weighted by atomic mass is 10.1. The molecule has 0 bridgehead atoms. The van der Waals surface area contributed by atoms with Crippen LogP contribution in [0.5, 0.6) is 11.5 Å². The van der Waals surface area contributed by atoms with Gasteiger partial charge in [-0.2, -0.15) is 0 Å². The van der Waals surface area contributed by atoms with E-state index in [0.29, 0.717) is 40.0 Å². The van der Waals surface area contributed by atoms with Crippen LogP contribution in [0.2, 0.25) is 5.02 Å². The molecule has 10 nitrogen and oxygen atoms in total. The Morgan fingerprint density at radius 2 is 1.82 bits per heavy atom. The number of carbonyl (C=O) groups excluding carboxylic acids is 1. The Bertz CT molecular complexity index is 1720. The molecule has 0 saturated carbocycles. The average Bonchev–Trinajstić information content (AvgIpc) is 3.03. The van der Waals surface area contributed by atoms with E-state index in [1.54, 1.807) is 72.3 Å². The number of ether oxygens (including phenoxy) is 3. The van der Waals surface area contributed by atoms with Gasteiger partial charge in [-0.05, 0) is 48.2 Å². The number of hydrogen-bond acceptors (Lipinski definition) is 7. The third-order valence-corrected chi connectivity index (χ3v) is 7.45. The Morgan fingerprint density at radius 1 is 1.09 bits per heavy atom. The molecule has 1 unspecified atom stereocenters. The summed E-state index contributed by atoms with van der Waals surface area (Å²) in [5.41, 5.74) is 1.82. The second kappa shape index (κ2) is 14.9. The van der Waals surface area contributed by atoms with E-state index in [1.165, 1.54) is 12.0 Å². The van der Waals surface area contributed by atoms with Crippen LogP contribution in [0, 0.1) is 5.92 Å². The standard InChI is InChI=1S/C34H38ClN3O7/c1-6-7-13-29-36-27-15-14-24(37(4)34(42)44-20-21(2)3)18-25(27)32(39)38(29)19-22-16-26(35)31(28(17-22)43-5)45-30(33(40)41)23-11-9-8-10-12-23/h8-12,14-18,21,30H,6-7,13,19-20H2,1-5H3,(H,40,41). The summed E-state index contributed by atoms with van der Waals surface area (Å²) in [6, 6.07) is 16.9. The molecular weight excluding hydrogens is 598 g/mol. The Labute approximate surface area is 267 Å². The van der Waals surface area contributed by atoms with Crippen molar-refractivity contribution < 1.29 is 28.9 Å². The van der Waals surface area contributed by atoms with Gasteiger partial charge in [0.2, 0.25) is 6.10 Å². The van der Waals surface area contributed by atoms with Gasteiger partial charge < -0.3 is 19.3 Å². The number of nitrogens with zero attached hydrogens (tertiary/aromatic N) is 3. The largest absolute Gasteiger partial charge is 0.493 e. The molecule has 0 radical (unpaired) electrons. The number of anilines is 1. The zero-order valence-corrected chi connectivity index (χ0v) is 26.8. The lowest BCUT2D eigenvalue weighted by Crippen LogP contribution is -2.29. The summed E-state index contributed by atoms with van der Waals surface area (Å²) in [7, 11) is 3.03. The zero-order chi connectivity index (χ0) is 32.7. The van der Waals surface area contributed by atoms with E-state index in [2.05, 4.69) is 6.92 Å². The molecule has 11 heteroatoms. The fourth-order valence-corrected chi connectivity index (χ4v) is 5.04. The summed E-state index contributed by atoms with van der Waals surface area (Å²) in [6.45, 7) is 6.37. The summed E-state index contributed by atoms with van der Waals surface area (Å²) in [4.78, 5) is 44.8. The summed E-state index contributed by atoms with van der Waals surface area (Å²) in [6.07, 6.45) is 0.485. The number of hydrogen-bond donors (Lipinski definition) is 1. The third-order valence-electron chi connectivity index (χ3n) is 7.16. The van der Waals surface area contributed by atoms with Crippen LogP contribution < -0.4 is 19.9 Å². The average molecular weight is 636 g/mol. The molecule has 238 valence electrons. The number of carboxylic acid groups (broad SMARTS) is 1. The van der Waals surface area contributed by atoms with Crippen LogP contribution in [0.3, 0.4) is 0 Å². The third kappa shape index (κ3) is 7.94. The van der Waals surface area contributed by atoms with Gasteiger partial charge in [-0.1, -0.05) is 69.1 Å². The maximum absolute atomic E-state index is 14.0. The van der Waals surface area contributed by atoms with Crippen molar-refractivity contribution in [3.8, 4) is 11.5 Å². The number of benzene rings is 3. The molecule has 45 heavy (non-hydrogen) atoms. The molecule has 1 atom stereocenters. The normalized spacial score (nSPS) is 11.8. The van der Waals surface area contributed by atoms with E-state index in [9.17, 15) is 19.5 Å². The molecule has 0 aliphatic carbocycles. The molecule has 1 amide bonds. The minimum absolute atomic E-state index is 0.0754. The second-order valence-corrected chi connectivity index (χ2v) is 11.5. The minimum Gasteiger partial charge on any atom is -0.493 e. The lowest BCUT2D eigenvalue weighted by molar-refractivity contribution is -0.145. The number of carboxylic acids is 1. The first-order chi connectivity index (χ1) is 21.5. The maximum atomic E-state index is 14.0. The molecule has 4 rings (SSSR count). The van der Waals surface area contributed by atoms with Crippen LogP contribution in [0.15, 0.2) is 65.5 Å². The predicted molar refractivity (Wildman–Crippen MR) is 174 cm³/mol. The number of aryl methyl sites for hydroxylation is 1. The highest BCUT2D eigenvalue weighted by Gasteiger charge is 2.26. The summed E-state index contributed by atoms with van der Waals surface area (Å²) >= 11 is 6.65. The van der Waals surface area contributed by atoms with Crippen molar-refractivity contribution in [2.45, 2.75) is 52.7 Å². The first-order valence-electron chi connectivity index (χ1n) is 14.8. The molecule has 1 aromatic heterocycles. The van der Waals surface area contributed by atoms with E-state index >= 15 is 0 Å². The Hall–Kier alpha value is -4.57. The Kier molecular flexibility index (Phi) is 11.1. The summed E-state index contributed by atoms with van der Waals surface area (Å²) in [5, 5.41) is 10.3. The van der Waals surface area contributed by atoms with Crippen molar-refractivity contribution in [2.75, 3.05) is 25.7 Å². The van der Waals surface area contributed by atoms with Gasteiger partial charge in [0.25, 0.3) is 5.56 Å². The van der Waals surface area contributed by atoms with E-state index in [1.807, 2.05) is 13.8 Å². The number of unbranched alkanes of at least 4 members (excludes halogenated alkanes) is 1. The highest BCUT2D eigenvalue weighted by molar-refractivity contribution is 6.32. The second-order valence-electron chi connectivity index (χ2n) is 11.1. The zero-order valence-electron chi connectivity index (χ0n) is 26.1. The van der Waals surface area contributed by atoms with Crippen molar-refractivity contribution in [1.29, 1.82) is 0 Å². The van der Waals surface area contributed by atoms with Crippen LogP contribution in [0.25, 0.3) is 10.9 Å². The maximum Gasteiger partial charge on any atom is 0.414 e. The van der Waals surface area contributed by atoms with Gasteiger partial charge in [-0.3, -0.25) is 14.3 Å². The molecule has 0 fully saturated rings. The number of halogens is 1. The van der Waals surface area contributed by atoms with E-state index in [-0.39, 0.29) is 41.2 Å².